The summed E-state index contributed by atoms with van der Waals surface area (Å²) < 4.78 is 6.43. The van der Waals surface area contributed by atoms with Crippen molar-refractivity contribution in [3.63, 3.8) is 0 Å². The molecule has 2 aromatic heterocycles. The van der Waals surface area contributed by atoms with Gasteiger partial charge in [0.25, 0.3) is 5.56 Å². The summed E-state index contributed by atoms with van der Waals surface area (Å²) in [5.74, 6) is -0.616. The number of amides is 1. The van der Waals surface area contributed by atoms with Crippen LogP contribution in [0.2, 0.25) is 0 Å². The lowest BCUT2D eigenvalue weighted by Gasteiger charge is -2.26. The van der Waals surface area contributed by atoms with Gasteiger partial charge in [-0.2, -0.15) is 0 Å². The molecule has 2 unspecified atom stereocenters. The van der Waals surface area contributed by atoms with Gasteiger partial charge in [0, 0.05) is 30.2 Å². The number of carbonyl (C=O) groups is 2. The largest absolute Gasteiger partial charge is 0.469 e. The van der Waals surface area contributed by atoms with Crippen molar-refractivity contribution in [2.75, 3.05) is 7.11 Å². The van der Waals surface area contributed by atoms with Gasteiger partial charge in [-0.05, 0) is 79.5 Å². The molecule has 0 aliphatic carbocycles. The molecule has 1 aromatic carbocycles. The number of aromatic nitrogens is 2. The first-order valence-electron chi connectivity index (χ1n) is 12.6. The van der Waals surface area contributed by atoms with Crippen LogP contribution in [-0.2, 0) is 14.3 Å². The average Bonchev–Trinajstić information content (AvgIpc) is 2.84. The molecular weight excluding hydrogens is 466 g/mol. The fourth-order valence-corrected chi connectivity index (χ4v) is 4.61. The maximum absolute atomic E-state index is 13.7. The van der Waals surface area contributed by atoms with Crippen molar-refractivity contribution in [2.24, 2.45) is 5.92 Å². The lowest BCUT2D eigenvalue weighted by molar-refractivity contribution is -0.141. The third-order valence-electron chi connectivity index (χ3n) is 6.73. The lowest BCUT2D eigenvalue weighted by atomic mass is 9.94. The van der Waals surface area contributed by atoms with E-state index in [1.54, 1.807) is 24.7 Å². The van der Waals surface area contributed by atoms with Crippen molar-refractivity contribution in [1.82, 2.24) is 14.9 Å². The van der Waals surface area contributed by atoms with E-state index in [0.29, 0.717) is 12.0 Å². The first-order chi connectivity index (χ1) is 17.5. The van der Waals surface area contributed by atoms with E-state index in [2.05, 4.69) is 10.3 Å². The molecule has 0 radical (unpaired) electrons. The molecule has 3 rings (SSSR count). The van der Waals surface area contributed by atoms with E-state index in [-0.39, 0.29) is 23.8 Å². The summed E-state index contributed by atoms with van der Waals surface area (Å²) in [4.78, 5) is 43.3. The minimum Gasteiger partial charge on any atom is -0.469 e. The van der Waals surface area contributed by atoms with Gasteiger partial charge in [0.1, 0.15) is 6.04 Å². The highest BCUT2D eigenvalue weighted by Crippen LogP contribution is 2.30. The number of methoxy groups -OCH3 is 1. The van der Waals surface area contributed by atoms with E-state index in [9.17, 15) is 14.4 Å². The Kier molecular flexibility index (Phi) is 9.03. The van der Waals surface area contributed by atoms with Crippen LogP contribution in [0.4, 0.5) is 0 Å². The summed E-state index contributed by atoms with van der Waals surface area (Å²) in [6.07, 6.45) is 5.59. The Morgan fingerprint density at radius 3 is 2.30 bits per heavy atom. The molecule has 3 aromatic rings. The van der Waals surface area contributed by atoms with Crippen LogP contribution in [0.3, 0.4) is 0 Å². The molecule has 1 amide bonds. The Balaban J connectivity index is 2.02. The van der Waals surface area contributed by atoms with Crippen molar-refractivity contribution in [3.05, 3.63) is 87.1 Å². The predicted molar refractivity (Wildman–Crippen MR) is 145 cm³/mol. The van der Waals surface area contributed by atoms with Gasteiger partial charge in [0.2, 0.25) is 5.91 Å². The molecule has 0 aliphatic rings. The van der Waals surface area contributed by atoms with Gasteiger partial charge in [-0.3, -0.25) is 19.4 Å². The Morgan fingerprint density at radius 1 is 1.00 bits per heavy atom. The highest BCUT2D eigenvalue weighted by Gasteiger charge is 2.27. The molecule has 1 N–H and O–H groups in total. The monoisotopic (exact) mass is 503 g/mol. The quantitative estimate of drug-likeness (QED) is 0.408. The normalized spacial score (nSPS) is 12.8. The number of carbonyl (C=O) groups excluding carboxylic acids is 2. The highest BCUT2D eigenvalue weighted by molar-refractivity contribution is 5.82. The number of nitrogens with zero attached hydrogens (tertiary/aromatic N) is 2. The number of esters is 1. The van der Waals surface area contributed by atoms with E-state index >= 15 is 0 Å². The molecule has 0 spiro atoms. The summed E-state index contributed by atoms with van der Waals surface area (Å²) in [5.41, 5.74) is 6.46. The van der Waals surface area contributed by atoms with E-state index < -0.39 is 18.1 Å². The Hall–Kier alpha value is -3.74. The van der Waals surface area contributed by atoms with Crippen molar-refractivity contribution in [1.29, 1.82) is 0 Å². The van der Waals surface area contributed by atoms with Crippen LogP contribution in [0.15, 0.2) is 53.7 Å². The van der Waals surface area contributed by atoms with Crippen LogP contribution >= 0.6 is 0 Å². The molecule has 0 fully saturated rings. The van der Waals surface area contributed by atoms with Crippen molar-refractivity contribution in [2.45, 2.75) is 66.5 Å². The number of aryl methyl sites for hydroxylation is 4. The molecule has 37 heavy (non-hydrogen) atoms. The smallest absolute Gasteiger partial charge is 0.307 e. The van der Waals surface area contributed by atoms with Crippen molar-refractivity contribution < 1.29 is 14.3 Å². The van der Waals surface area contributed by atoms with E-state index in [0.717, 1.165) is 33.4 Å². The van der Waals surface area contributed by atoms with Gasteiger partial charge in [0.05, 0.1) is 19.6 Å². The van der Waals surface area contributed by atoms with E-state index in [1.807, 2.05) is 65.8 Å². The maximum atomic E-state index is 13.7. The number of benzene rings is 1. The third-order valence-corrected chi connectivity index (χ3v) is 6.73. The number of rotatable bonds is 9. The fraction of sp³-hybridized carbons (Fsp3) is 0.400. The first kappa shape index (κ1) is 27.8. The van der Waals surface area contributed by atoms with Crippen LogP contribution in [0.5, 0.6) is 0 Å². The maximum Gasteiger partial charge on any atom is 0.307 e. The van der Waals surface area contributed by atoms with Crippen molar-refractivity contribution in [3.8, 4) is 11.1 Å². The summed E-state index contributed by atoms with van der Waals surface area (Å²) in [7, 11) is 1.32. The van der Waals surface area contributed by atoms with Crippen LogP contribution in [0.1, 0.15) is 66.6 Å². The predicted octanol–water partition coefficient (Wildman–Crippen LogP) is 5.15. The molecule has 0 aliphatic heterocycles. The number of hydrogen-bond acceptors (Lipinski definition) is 5. The second-order valence-corrected chi connectivity index (χ2v) is 10.1. The molecule has 0 bridgehead atoms. The topological polar surface area (TPSA) is 90.3 Å². The average molecular weight is 504 g/mol. The van der Waals surface area contributed by atoms with E-state index in [1.165, 1.54) is 11.7 Å². The lowest BCUT2D eigenvalue weighted by Crippen LogP contribution is -2.40. The zero-order valence-electron chi connectivity index (χ0n) is 22.8. The van der Waals surface area contributed by atoms with Gasteiger partial charge in [-0.25, -0.2) is 0 Å². The zero-order chi connectivity index (χ0) is 27.3. The minimum atomic E-state index is -0.721. The van der Waals surface area contributed by atoms with Gasteiger partial charge in [-0.1, -0.05) is 32.0 Å². The molecule has 0 saturated heterocycles. The second kappa shape index (κ2) is 12.0. The van der Waals surface area contributed by atoms with Gasteiger partial charge in [0.15, 0.2) is 0 Å². The first-order valence-corrected chi connectivity index (χ1v) is 12.6. The molecule has 0 saturated carbocycles. The van der Waals surface area contributed by atoms with Crippen LogP contribution in [-0.4, -0.2) is 28.5 Å². The van der Waals surface area contributed by atoms with Crippen LogP contribution in [0, 0.1) is 33.6 Å². The molecule has 2 heterocycles. The number of nitrogens with one attached hydrogen (secondary N) is 1. The van der Waals surface area contributed by atoms with Crippen LogP contribution in [0.25, 0.3) is 11.1 Å². The van der Waals surface area contributed by atoms with E-state index in [4.69, 9.17) is 4.74 Å². The Bertz CT molecular complexity index is 1320. The second-order valence-electron chi connectivity index (χ2n) is 10.1. The van der Waals surface area contributed by atoms with Gasteiger partial charge < -0.3 is 14.6 Å². The highest BCUT2D eigenvalue weighted by atomic mass is 16.5. The molecule has 7 heteroatoms. The molecular formula is C30H37N3O4. The fourth-order valence-electron chi connectivity index (χ4n) is 4.61. The third kappa shape index (κ3) is 6.73. The molecule has 196 valence electrons. The number of ether oxygens (including phenoxy) is 1. The van der Waals surface area contributed by atoms with Gasteiger partial charge >= 0.3 is 5.97 Å². The van der Waals surface area contributed by atoms with Gasteiger partial charge in [-0.15, -0.1) is 0 Å². The number of pyridine rings is 2. The summed E-state index contributed by atoms with van der Waals surface area (Å²) >= 11 is 0. The Morgan fingerprint density at radius 2 is 1.68 bits per heavy atom. The molecule has 7 nitrogen and oxygen atoms in total. The minimum absolute atomic E-state index is 0.0592. The summed E-state index contributed by atoms with van der Waals surface area (Å²) in [5, 5.41) is 3.03. The Labute approximate surface area is 218 Å². The SMILES string of the molecule is COC(=O)CC(NC(=O)C(CC(C)C)n1cc(C)c(C)cc1=O)c1cncc(-c2c(C)cccc2C)c1. The standard InChI is InChI=1S/C30H37N3O4/c1-18(2)11-26(33-17-22(6)21(5)12-27(33)34)30(36)32-25(14-28(35)37-7)23-13-24(16-31-15-23)29-19(3)9-8-10-20(29)4/h8-10,12-13,15-18,25-26H,11,14H2,1-7H3,(H,32,36). The summed E-state index contributed by atoms with van der Waals surface area (Å²) in [6.45, 7) is 11.9. The number of hydrogen-bond donors (Lipinski definition) is 1. The molecule has 2 atom stereocenters. The van der Waals surface area contributed by atoms with Crippen molar-refractivity contribution >= 4 is 11.9 Å². The zero-order valence-corrected chi connectivity index (χ0v) is 22.8. The van der Waals surface area contributed by atoms with Crippen LogP contribution < -0.4 is 10.9 Å². The summed E-state index contributed by atoms with van der Waals surface area (Å²) in [6, 6.07) is 8.21.